The smallest absolute Gasteiger partial charge is 0.158 e. The summed E-state index contributed by atoms with van der Waals surface area (Å²) in [7, 11) is 0. The largest absolute Gasteiger partial charge is 0.490 e. The summed E-state index contributed by atoms with van der Waals surface area (Å²) >= 11 is 1.89. The zero-order valence-corrected chi connectivity index (χ0v) is 13.9. The molecule has 4 heteroatoms. The van der Waals surface area contributed by atoms with Crippen molar-refractivity contribution in [3.63, 3.8) is 0 Å². The van der Waals surface area contributed by atoms with Crippen LogP contribution in [0.3, 0.4) is 0 Å². The zero-order valence-electron chi connectivity index (χ0n) is 13.1. The van der Waals surface area contributed by atoms with Gasteiger partial charge in [0.1, 0.15) is 12.4 Å². The van der Waals surface area contributed by atoms with Crippen molar-refractivity contribution < 1.29 is 9.57 Å². The minimum Gasteiger partial charge on any atom is -0.490 e. The van der Waals surface area contributed by atoms with Crippen LogP contribution in [0, 0.1) is 0 Å². The molecule has 1 aromatic rings. The van der Waals surface area contributed by atoms with Crippen LogP contribution in [0.2, 0.25) is 0 Å². The summed E-state index contributed by atoms with van der Waals surface area (Å²) in [6.45, 7) is 10.7. The van der Waals surface area contributed by atoms with Gasteiger partial charge < -0.3 is 9.57 Å². The van der Waals surface area contributed by atoms with Gasteiger partial charge in [0.15, 0.2) is 6.10 Å². The van der Waals surface area contributed by atoms with Gasteiger partial charge in [-0.25, -0.2) is 0 Å². The van der Waals surface area contributed by atoms with E-state index in [-0.39, 0.29) is 6.10 Å². The topological polar surface area (TPSA) is 30.8 Å². The Bertz CT molecular complexity index is 413. The molecule has 0 spiro atoms. The molecular weight excluding hydrogens is 270 g/mol. The van der Waals surface area contributed by atoms with Gasteiger partial charge in [0.2, 0.25) is 0 Å². The molecule has 2 unspecified atom stereocenters. The minimum atomic E-state index is -0.0564. The van der Waals surface area contributed by atoms with Crippen LogP contribution in [0.1, 0.15) is 41.0 Å². The molecule has 112 valence electrons. The number of ether oxygens (including phenoxy) is 1. The Morgan fingerprint density at radius 1 is 1.20 bits per heavy atom. The molecule has 0 heterocycles. The van der Waals surface area contributed by atoms with E-state index in [4.69, 9.17) is 9.57 Å². The number of thioether (sulfide) groups is 1. The lowest BCUT2D eigenvalue weighted by Gasteiger charge is -2.13. The van der Waals surface area contributed by atoms with Gasteiger partial charge in [-0.3, -0.25) is 0 Å². The van der Waals surface area contributed by atoms with E-state index in [2.05, 4.69) is 31.1 Å². The first-order valence-electron chi connectivity index (χ1n) is 7.07. The third-order valence-electron chi connectivity index (χ3n) is 2.64. The first kappa shape index (κ1) is 16.9. The summed E-state index contributed by atoms with van der Waals surface area (Å²) in [4.78, 5) is 6.55. The fourth-order valence-corrected chi connectivity index (χ4v) is 2.29. The van der Waals surface area contributed by atoms with Crippen molar-refractivity contribution in [2.45, 2.75) is 57.3 Å². The van der Waals surface area contributed by atoms with Crippen LogP contribution < -0.4 is 4.74 Å². The van der Waals surface area contributed by atoms with Gasteiger partial charge in [0.05, 0.1) is 5.71 Å². The van der Waals surface area contributed by atoms with E-state index in [9.17, 15) is 0 Å². The molecule has 0 saturated carbocycles. The van der Waals surface area contributed by atoms with Gasteiger partial charge >= 0.3 is 0 Å². The maximum atomic E-state index is 5.68. The highest BCUT2D eigenvalue weighted by atomic mass is 32.2. The summed E-state index contributed by atoms with van der Waals surface area (Å²) < 4.78 is 5.68. The number of benzene rings is 1. The normalized spacial score (nSPS) is 13.4. The van der Waals surface area contributed by atoms with Crippen molar-refractivity contribution >= 4 is 17.5 Å². The summed E-state index contributed by atoms with van der Waals surface area (Å²) in [5, 5.41) is 4.57. The van der Waals surface area contributed by atoms with E-state index in [0.717, 1.165) is 11.5 Å². The van der Waals surface area contributed by atoms with Gasteiger partial charge in [-0.2, -0.15) is 0 Å². The summed E-state index contributed by atoms with van der Waals surface area (Å²) in [5.41, 5.74) is 0.906. The fraction of sp³-hybridized carbons (Fsp3) is 0.562. The SMILES string of the molecule is CCC(C)Sc1ccc(OCC(C)ON=C(C)C)cc1. The van der Waals surface area contributed by atoms with Crippen LogP contribution in [-0.2, 0) is 4.84 Å². The van der Waals surface area contributed by atoms with Crippen LogP contribution in [0.5, 0.6) is 5.75 Å². The Morgan fingerprint density at radius 3 is 2.40 bits per heavy atom. The van der Waals surface area contributed by atoms with Crippen molar-refractivity contribution in [2.75, 3.05) is 6.61 Å². The lowest BCUT2D eigenvalue weighted by Crippen LogP contribution is -2.16. The Balaban J connectivity index is 2.39. The molecule has 0 fully saturated rings. The van der Waals surface area contributed by atoms with Gasteiger partial charge in [-0.05, 0) is 51.5 Å². The lowest BCUT2D eigenvalue weighted by atomic mass is 10.3. The van der Waals surface area contributed by atoms with Gasteiger partial charge in [-0.1, -0.05) is 19.0 Å². The molecule has 0 N–H and O–H groups in total. The molecule has 1 rings (SSSR count). The molecule has 0 saturated heterocycles. The first-order valence-corrected chi connectivity index (χ1v) is 7.95. The molecule has 0 bridgehead atoms. The van der Waals surface area contributed by atoms with Gasteiger partial charge in [-0.15, -0.1) is 11.8 Å². The van der Waals surface area contributed by atoms with Crippen LogP contribution in [0.15, 0.2) is 34.3 Å². The monoisotopic (exact) mass is 295 g/mol. The summed E-state index contributed by atoms with van der Waals surface area (Å²) in [6.07, 6.45) is 1.12. The highest BCUT2D eigenvalue weighted by molar-refractivity contribution is 7.99. The fourth-order valence-electron chi connectivity index (χ4n) is 1.37. The molecular formula is C16H25NO2S. The molecule has 20 heavy (non-hydrogen) atoms. The van der Waals surface area contributed by atoms with E-state index in [1.54, 1.807) is 0 Å². The maximum Gasteiger partial charge on any atom is 0.158 e. The Morgan fingerprint density at radius 2 is 1.85 bits per heavy atom. The molecule has 1 aromatic carbocycles. The molecule has 0 aromatic heterocycles. The predicted molar refractivity (Wildman–Crippen MR) is 86.9 cm³/mol. The number of hydrogen-bond donors (Lipinski definition) is 0. The van der Waals surface area contributed by atoms with Crippen molar-refractivity contribution in [1.29, 1.82) is 0 Å². The Kier molecular flexibility index (Phi) is 7.52. The summed E-state index contributed by atoms with van der Waals surface area (Å²) in [5.74, 6) is 0.867. The van der Waals surface area contributed by atoms with Crippen LogP contribution in [-0.4, -0.2) is 23.7 Å². The van der Waals surface area contributed by atoms with E-state index in [1.807, 2.05) is 44.7 Å². The van der Waals surface area contributed by atoms with Gasteiger partial charge in [0, 0.05) is 10.1 Å². The third-order valence-corrected chi connectivity index (χ3v) is 3.92. The molecule has 0 amide bonds. The van der Waals surface area contributed by atoms with Crippen molar-refractivity contribution in [3.05, 3.63) is 24.3 Å². The van der Waals surface area contributed by atoms with Crippen LogP contribution >= 0.6 is 11.8 Å². The minimum absolute atomic E-state index is 0.0564. The number of rotatable bonds is 8. The Hall–Kier alpha value is -1.16. The van der Waals surface area contributed by atoms with Crippen LogP contribution in [0.4, 0.5) is 0 Å². The molecule has 2 atom stereocenters. The number of nitrogens with zero attached hydrogens (tertiary/aromatic N) is 1. The Labute approximate surface area is 126 Å². The molecule has 0 radical (unpaired) electrons. The predicted octanol–water partition coefficient (Wildman–Crippen LogP) is 4.76. The highest BCUT2D eigenvalue weighted by Gasteiger charge is 2.05. The van der Waals surface area contributed by atoms with E-state index in [1.165, 1.54) is 11.3 Å². The quantitative estimate of drug-likeness (QED) is 0.394. The zero-order chi connectivity index (χ0) is 15.0. The molecule has 0 aliphatic rings. The number of oxime groups is 1. The second-order valence-corrected chi connectivity index (χ2v) is 6.59. The average Bonchev–Trinajstić information content (AvgIpc) is 2.44. The maximum absolute atomic E-state index is 5.68. The second kappa shape index (κ2) is 8.90. The molecule has 0 aliphatic carbocycles. The second-order valence-electron chi connectivity index (χ2n) is 5.07. The van der Waals surface area contributed by atoms with E-state index in [0.29, 0.717) is 11.9 Å². The van der Waals surface area contributed by atoms with Crippen molar-refractivity contribution in [2.24, 2.45) is 5.16 Å². The highest BCUT2D eigenvalue weighted by Crippen LogP contribution is 2.26. The van der Waals surface area contributed by atoms with Crippen molar-refractivity contribution in [1.82, 2.24) is 0 Å². The van der Waals surface area contributed by atoms with E-state index >= 15 is 0 Å². The average molecular weight is 295 g/mol. The lowest BCUT2D eigenvalue weighted by molar-refractivity contribution is 0.0364. The third kappa shape index (κ3) is 6.85. The molecule has 0 aliphatic heterocycles. The van der Waals surface area contributed by atoms with E-state index < -0.39 is 0 Å². The number of hydrogen-bond acceptors (Lipinski definition) is 4. The summed E-state index contributed by atoms with van der Waals surface area (Å²) in [6, 6.07) is 8.22. The first-order chi connectivity index (χ1) is 9.51. The molecule has 3 nitrogen and oxygen atoms in total. The van der Waals surface area contributed by atoms with Crippen LogP contribution in [0.25, 0.3) is 0 Å². The van der Waals surface area contributed by atoms with Gasteiger partial charge in [0.25, 0.3) is 0 Å². The standard InChI is InChI=1S/C16H25NO2S/c1-6-14(5)20-16-9-7-15(8-10-16)18-11-13(4)19-17-12(2)3/h7-10,13-14H,6,11H2,1-5H3. The van der Waals surface area contributed by atoms with Crippen molar-refractivity contribution in [3.8, 4) is 5.75 Å².